The van der Waals surface area contributed by atoms with Gasteiger partial charge in [0.15, 0.2) is 15.5 Å². The smallest absolute Gasteiger partial charge is 0.252 e. The van der Waals surface area contributed by atoms with Crippen molar-refractivity contribution in [3.8, 4) is 11.3 Å². The Labute approximate surface area is 181 Å². The van der Waals surface area contributed by atoms with Crippen molar-refractivity contribution in [2.45, 2.75) is 19.4 Å². The molecule has 3 heterocycles. The molecule has 0 bridgehead atoms. The fraction of sp³-hybridized carbons (Fsp3) is 0.409. The molecule has 2 fully saturated rings. The number of rotatable bonds is 5. The van der Waals surface area contributed by atoms with Gasteiger partial charge in [0.25, 0.3) is 5.95 Å². The number of carbonyl (C=O) groups is 1. The molecule has 2 aromatic heterocycles. The van der Waals surface area contributed by atoms with Crippen molar-refractivity contribution in [3.63, 3.8) is 0 Å². The second kappa shape index (κ2) is 7.72. The number of carbonyl (C=O) groups excluding carboxylic acids is 1. The molecule has 8 nitrogen and oxygen atoms in total. The molecular formula is C22H25N5O3S. The van der Waals surface area contributed by atoms with Crippen LogP contribution in [0.25, 0.3) is 16.9 Å². The molecule has 1 saturated carbocycles. The number of sulfone groups is 1. The zero-order valence-electron chi connectivity index (χ0n) is 17.4. The number of hydrogen-bond donors (Lipinski definition) is 0. The Morgan fingerprint density at radius 1 is 1.10 bits per heavy atom. The lowest BCUT2D eigenvalue weighted by molar-refractivity contribution is -0.119. The van der Waals surface area contributed by atoms with Crippen LogP contribution < -0.4 is 4.90 Å². The van der Waals surface area contributed by atoms with E-state index in [9.17, 15) is 13.2 Å². The normalized spacial score (nSPS) is 18.9. The average Bonchev–Trinajstić information content (AvgIpc) is 3.52. The number of benzene rings is 1. The fourth-order valence-corrected chi connectivity index (χ4v) is 5.18. The van der Waals surface area contributed by atoms with E-state index in [0.717, 1.165) is 36.2 Å². The quantitative estimate of drug-likeness (QED) is 0.604. The topological polar surface area (TPSA) is 87.9 Å². The lowest BCUT2D eigenvalue weighted by Gasteiger charge is -2.26. The standard InChI is InChI=1S/C22H25N5O3S/c1-25(21(28)18-9-10-18)22-23-20-4-2-3-19(27(20)24-22)17-7-5-16(6-8-17)15-26-11-13-31(29,30)14-12-26/h2-8,18H,9-15H2,1H3. The van der Waals surface area contributed by atoms with Crippen LogP contribution in [0.5, 0.6) is 0 Å². The summed E-state index contributed by atoms with van der Waals surface area (Å²) >= 11 is 0. The Hall–Kier alpha value is -2.78. The molecule has 2 aliphatic rings. The highest BCUT2D eigenvalue weighted by molar-refractivity contribution is 7.91. The first kappa shape index (κ1) is 20.1. The Balaban J connectivity index is 1.36. The van der Waals surface area contributed by atoms with Crippen LogP contribution >= 0.6 is 0 Å². The molecule has 1 aliphatic carbocycles. The zero-order valence-corrected chi connectivity index (χ0v) is 18.3. The van der Waals surface area contributed by atoms with Crippen LogP contribution in [0.15, 0.2) is 42.5 Å². The first-order chi connectivity index (χ1) is 14.9. The highest BCUT2D eigenvalue weighted by atomic mass is 32.2. The molecule has 1 saturated heterocycles. The van der Waals surface area contributed by atoms with Crippen LogP contribution in [0, 0.1) is 5.92 Å². The van der Waals surface area contributed by atoms with E-state index >= 15 is 0 Å². The summed E-state index contributed by atoms with van der Waals surface area (Å²) in [5, 5.41) is 4.60. The molecule has 0 radical (unpaired) electrons. The minimum atomic E-state index is -2.86. The summed E-state index contributed by atoms with van der Waals surface area (Å²) in [6, 6.07) is 14.0. The maximum Gasteiger partial charge on any atom is 0.252 e. The molecule has 1 aliphatic heterocycles. The van der Waals surface area contributed by atoms with Gasteiger partial charge in [-0.25, -0.2) is 12.9 Å². The van der Waals surface area contributed by atoms with E-state index in [1.165, 1.54) is 0 Å². The van der Waals surface area contributed by atoms with E-state index in [4.69, 9.17) is 0 Å². The summed E-state index contributed by atoms with van der Waals surface area (Å²) in [4.78, 5) is 20.6. The van der Waals surface area contributed by atoms with E-state index in [-0.39, 0.29) is 23.3 Å². The maximum absolute atomic E-state index is 12.4. The van der Waals surface area contributed by atoms with E-state index in [2.05, 4.69) is 27.1 Å². The van der Waals surface area contributed by atoms with Gasteiger partial charge in [0, 0.05) is 38.2 Å². The van der Waals surface area contributed by atoms with E-state index in [1.807, 2.05) is 30.3 Å². The third kappa shape index (κ3) is 4.20. The number of aromatic nitrogens is 3. The third-order valence-corrected chi connectivity index (χ3v) is 7.61. The van der Waals surface area contributed by atoms with Gasteiger partial charge < -0.3 is 0 Å². The van der Waals surface area contributed by atoms with Crippen LogP contribution in [-0.4, -0.2) is 65.5 Å². The predicted octanol–water partition coefficient (Wildman–Crippen LogP) is 2.00. The predicted molar refractivity (Wildman–Crippen MR) is 118 cm³/mol. The van der Waals surface area contributed by atoms with Gasteiger partial charge >= 0.3 is 0 Å². The van der Waals surface area contributed by atoms with E-state index in [1.54, 1.807) is 16.5 Å². The van der Waals surface area contributed by atoms with Crippen molar-refractivity contribution >= 4 is 27.3 Å². The average molecular weight is 440 g/mol. The monoisotopic (exact) mass is 439 g/mol. The molecular weight excluding hydrogens is 414 g/mol. The van der Waals surface area contributed by atoms with E-state index < -0.39 is 9.84 Å². The Kier molecular flexibility index (Phi) is 5.02. The largest absolute Gasteiger partial charge is 0.297 e. The second-order valence-electron chi connectivity index (χ2n) is 8.39. The molecule has 3 aromatic rings. The van der Waals surface area contributed by atoms with Crippen LogP contribution in [0.1, 0.15) is 18.4 Å². The zero-order chi connectivity index (χ0) is 21.6. The summed E-state index contributed by atoms with van der Waals surface area (Å²) in [6.45, 7) is 1.90. The van der Waals surface area contributed by atoms with Crippen molar-refractivity contribution < 1.29 is 13.2 Å². The number of hydrogen-bond acceptors (Lipinski definition) is 6. The van der Waals surface area contributed by atoms with Crippen molar-refractivity contribution in [1.29, 1.82) is 0 Å². The van der Waals surface area contributed by atoms with Gasteiger partial charge in [-0.3, -0.25) is 14.6 Å². The van der Waals surface area contributed by atoms with Crippen molar-refractivity contribution in [2.75, 3.05) is 36.5 Å². The van der Waals surface area contributed by atoms with Crippen LogP contribution in [-0.2, 0) is 21.2 Å². The Morgan fingerprint density at radius 2 is 1.81 bits per heavy atom. The van der Waals surface area contributed by atoms with Gasteiger partial charge in [0.05, 0.1) is 17.2 Å². The molecule has 5 rings (SSSR count). The molecule has 0 N–H and O–H groups in total. The van der Waals surface area contributed by atoms with E-state index in [0.29, 0.717) is 24.7 Å². The third-order valence-electron chi connectivity index (χ3n) is 6.00. The van der Waals surface area contributed by atoms with Crippen molar-refractivity contribution in [3.05, 3.63) is 48.0 Å². The number of fused-ring (bicyclic) bond motifs is 1. The summed E-state index contributed by atoms with van der Waals surface area (Å²) in [5.41, 5.74) is 3.74. The molecule has 0 unspecified atom stereocenters. The Morgan fingerprint density at radius 3 is 2.48 bits per heavy atom. The fourth-order valence-electron chi connectivity index (χ4n) is 3.90. The minimum Gasteiger partial charge on any atom is -0.297 e. The van der Waals surface area contributed by atoms with Crippen LogP contribution in [0.3, 0.4) is 0 Å². The summed E-state index contributed by atoms with van der Waals surface area (Å²) < 4.78 is 25.0. The number of nitrogens with zero attached hydrogens (tertiary/aromatic N) is 5. The summed E-state index contributed by atoms with van der Waals surface area (Å²) in [5.74, 6) is 1.08. The first-order valence-electron chi connectivity index (χ1n) is 10.6. The Bertz CT molecular complexity index is 1220. The van der Waals surface area contributed by atoms with Crippen molar-refractivity contribution in [2.24, 2.45) is 5.92 Å². The summed E-state index contributed by atoms with van der Waals surface area (Å²) in [6.07, 6.45) is 1.89. The molecule has 162 valence electrons. The van der Waals surface area contributed by atoms with Crippen LogP contribution in [0.2, 0.25) is 0 Å². The van der Waals surface area contributed by atoms with Crippen molar-refractivity contribution in [1.82, 2.24) is 19.5 Å². The SMILES string of the molecule is CN(C(=O)C1CC1)c1nc2cccc(-c3ccc(CN4CCS(=O)(=O)CC4)cc3)n2n1. The number of anilines is 1. The molecule has 9 heteroatoms. The van der Waals surface area contributed by atoms with Gasteiger partial charge in [-0.15, -0.1) is 5.10 Å². The second-order valence-corrected chi connectivity index (χ2v) is 10.7. The summed E-state index contributed by atoms with van der Waals surface area (Å²) in [7, 11) is -1.13. The highest BCUT2D eigenvalue weighted by Gasteiger charge is 2.33. The number of amides is 1. The van der Waals surface area contributed by atoms with Gasteiger partial charge in [0.2, 0.25) is 5.91 Å². The lowest BCUT2D eigenvalue weighted by Crippen LogP contribution is -2.39. The molecule has 1 amide bonds. The van der Waals surface area contributed by atoms with Gasteiger partial charge in [-0.2, -0.15) is 4.98 Å². The first-order valence-corrected chi connectivity index (χ1v) is 12.4. The number of pyridine rings is 1. The molecule has 1 aromatic carbocycles. The molecule has 0 spiro atoms. The van der Waals surface area contributed by atoms with Gasteiger partial charge in [-0.05, 0) is 30.5 Å². The minimum absolute atomic E-state index is 0.0762. The molecule has 31 heavy (non-hydrogen) atoms. The highest BCUT2D eigenvalue weighted by Crippen LogP contribution is 2.32. The van der Waals surface area contributed by atoms with Gasteiger partial charge in [-0.1, -0.05) is 30.3 Å². The van der Waals surface area contributed by atoms with Gasteiger partial charge in [0.1, 0.15) is 0 Å². The van der Waals surface area contributed by atoms with Crippen LogP contribution in [0.4, 0.5) is 5.95 Å². The lowest BCUT2D eigenvalue weighted by atomic mass is 10.1. The molecule has 0 atom stereocenters. The maximum atomic E-state index is 12.4.